The molecule has 4 rings (SSSR count). The van der Waals surface area contributed by atoms with Gasteiger partial charge in [-0.2, -0.15) is 0 Å². The molecule has 2 aromatic carbocycles. The van der Waals surface area contributed by atoms with Crippen molar-refractivity contribution in [2.24, 2.45) is 0 Å². The largest absolute Gasteiger partial charge is 0.486 e. The minimum atomic E-state index is -0.261. The molecule has 0 atom stereocenters. The Kier molecular flexibility index (Phi) is 6.02. The maximum Gasteiger partial charge on any atom is 0.289 e. The van der Waals surface area contributed by atoms with Gasteiger partial charge < -0.3 is 19.0 Å². The van der Waals surface area contributed by atoms with Crippen LogP contribution in [0.3, 0.4) is 0 Å². The smallest absolute Gasteiger partial charge is 0.289 e. The first-order valence-corrected chi connectivity index (χ1v) is 10.1. The third kappa shape index (κ3) is 4.94. The van der Waals surface area contributed by atoms with Gasteiger partial charge in [-0.25, -0.2) is 4.39 Å². The zero-order valence-corrected chi connectivity index (χ0v) is 17.2. The summed E-state index contributed by atoms with van der Waals surface area (Å²) >= 11 is 0. The van der Waals surface area contributed by atoms with Gasteiger partial charge in [-0.3, -0.25) is 9.59 Å². The first-order chi connectivity index (χ1) is 15.0. The van der Waals surface area contributed by atoms with Gasteiger partial charge in [0.2, 0.25) is 0 Å². The zero-order chi connectivity index (χ0) is 21.8. The lowest BCUT2D eigenvalue weighted by molar-refractivity contribution is 0.0710. The van der Waals surface area contributed by atoms with E-state index in [9.17, 15) is 14.0 Å². The Labute approximate surface area is 179 Å². The number of halogens is 1. The van der Waals surface area contributed by atoms with Crippen molar-refractivity contribution in [1.82, 2.24) is 4.90 Å². The molecular weight excluding hydrogens is 399 g/mol. The molecule has 31 heavy (non-hydrogen) atoms. The number of amides is 1. The second kappa shape index (κ2) is 9.04. The molecule has 0 N–H and O–H groups in total. The lowest BCUT2D eigenvalue weighted by Gasteiger charge is -2.35. The third-order valence-electron chi connectivity index (χ3n) is 5.27. The highest BCUT2D eigenvalue weighted by Crippen LogP contribution is 2.20. The number of Topliss-reactive ketones (excluding diaryl/α,β-unsaturated/α-hetero) is 1. The second-order valence-corrected chi connectivity index (χ2v) is 7.39. The second-order valence-electron chi connectivity index (χ2n) is 7.39. The minimum absolute atomic E-state index is 0.000706. The molecule has 1 amide bonds. The summed E-state index contributed by atoms with van der Waals surface area (Å²) in [6.07, 6.45) is 0. The summed E-state index contributed by atoms with van der Waals surface area (Å²) in [6, 6.07) is 16.6. The van der Waals surface area contributed by atoms with Crippen molar-refractivity contribution in [3.63, 3.8) is 0 Å². The number of anilines is 1. The number of piperazine rings is 1. The Morgan fingerprint density at radius 3 is 2.26 bits per heavy atom. The topological polar surface area (TPSA) is 63.0 Å². The van der Waals surface area contributed by atoms with Crippen molar-refractivity contribution in [1.29, 1.82) is 0 Å². The molecule has 0 spiro atoms. The number of ether oxygens (including phenoxy) is 1. The Hall–Kier alpha value is -3.61. The van der Waals surface area contributed by atoms with Crippen molar-refractivity contribution in [2.45, 2.75) is 13.5 Å². The molecule has 160 valence electrons. The predicted octanol–water partition coefficient (Wildman–Crippen LogP) is 4.16. The first kappa shape index (κ1) is 20.7. The van der Waals surface area contributed by atoms with Crippen LogP contribution in [0.15, 0.2) is 65.1 Å². The van der Waals surface area contributed by atoms with E-state index in [0.29, 0.717) is 43.3 Å². The summed E-state index contributed by atoms with van der Waals surface area (Å²) < 4.78 is 24.5. The molecule has 0 bridgehead atoms. The first-order valence-electron chi connectivity index (χ1n) is 10.1. The maximum atomic E-state index is 13.1. The van der Waals surface area contributed by atoms with E-state index >= 15 is 0 Å². The Bertz CT molecular complexity index is 1050. The zero-order valence-electron chi connectivity index (χ0n) is 17.2. The van der Waals surface area contributed by atoms with Crippen molar-refractivity contribution in [3.05, 3.63) is 83.6 Å². The average Bonchev–Trinajstić information content (AvgIpc) is 3.27. The van der Waals surface area contributed by atoms with Crippen LogP contribution in [0.4, 0.5) is 10.1 Å². The van der Waals surface area contributed by atoms with E-state index in [1.54, 1.807) is 53.4 Å². The van der Waals surface area contributed by atoms with E-state index in [0.717, 1.165) is 5.69 Å². The molecule has 2 heterocycles. The van der Waals surface area contributed by atoms with Crippen molar-refractivity contribution in [2.75, 3.05) is 31.1 Å². The fourth-order valence-corrected chi connectivity index (χ4v) is 3.49. The molecule has 1 aromatic heterocycles. The normalized spacial score (nSPS) is 13.9. The number of nitrogens with zero attached hydrogens (tertiary/aromatic N) is 2. The number of hydrogen-bond acceptors (Lipinski definition) is 5. The number of furan rings is 1. The van der Waals surface area contributed by atoms with E-state index in [1.807, 2.05) is 0 Å². The van der Waals surface area contributed by atoms with E-state index in [2.05, 4.69) is 4.90 Å². The lowest BCUT2D eigenvalue weighted by atomic mass is 10.1. The van der Waals surface area contributed by atoms with Crippen LogP contribution in [0.1, 0.15) is 33.6 Å². The molecular formula is C24H23FN2O4. The predicted molar refractivity (Wildman–Crippen MR) is 114 cm³/mol. The van der Waals surface area contributed by atoms with E-state index in [4.69, 9.17) is 9.15 Å². The van der Waals surface area contributed by atoms with E-state index in [-0.39, 0.29) is 29.9 Å². The van der Waals surface area contributed by atoms with Crippen LogP contribution in [-0.4, -0.2) is 42.8 Å². The highest BCUT2D eigenvalue weighted by Gasteiger charge is 2.24. The molecule has 1 aliphatic heterocycles. The maximum absolute atomic E-state index is 13.1. The Balaban J connectivity index is 1.30. The van der Waals surface area contributed by atoms with Crippen LogP contribution >= 0.6 is 0 Å². The lowest BCUT2D eigenvalue weighted by Crippen LogP contribution is -2.48. The highest BCUT2D eigenvalue weighted by molar-refractivity contribution is 5.94. The highest BCUT2D eigenvalue weighted by atomic mass is 19.1. The average molecular weight is 422 g/mol. The van der Waals surface area contributed by atoms with Gasteiger partial charge in [-0.1, -0.05) is 0 Å². The summed E-state index contributed by atoms with van der Waals surface area (Å²) in [5, 5.41) is 0. The van der Waals surface area contributed by atoms with Gasteiger partial charge in [0.25, 0.3) is 5.91 Å². The number of hydrogen-bond donors (Lipinski definition) is 0. The van der Waals surface area contributed by atoms with E-state index in [1.165, 1.54) is 19.1 Å². The summed E-state index contributed by atoms with van der Waals surface area (Å²) in [5.74, 6) is 1.02. The van der Waals surface area contributed by atoms with Gasteiger partial charge in [0, 0.05) is 37.4 Å². The fraction of sp³-hybridized carbons (Fsp3) is 0.250. The minimum Gasteiger partial charge on any atom is -0.486 e. The van der Waals surface area contributed by atoms with Crippen LogP contribution in [0.2, 0.25) is 0 Å². The van der Waals surface area contributed by atoms with Crippen LogP contribution in [0.25, 0.3) is 0 Å². The molecule has 0 saturated carbocycles. The summed E-state index contributed by atoms with van der Waals surface area (Å²) in [6.45, 7) is 4.16. The molecule has 0 aliphatic carbocycles. The summed E-state index contributed by atoms with van der Waals surface area (Å²) in [7, 11) is 0. The van der Waals surface area contributed by atoms with E-state index < -0.39 is 0 Å². The summed E-state index contributed by atoms with van der Waals surface area (Å²) in [5.41, 5.74) is 1.57. The number of carbonyl (C=O) groups is 2. The molecule has 1 aliphatic rings. The molecule has 0 unspecified atom stereocenters. The monoisotopic (exact) mass is 422 g/mol. The number of rotatable bonds is 6. The SMILES string of the molecule is CC(=O)c1ccc(OCc2ccc(C(=O)N3CCN(c4ccc(F)cc4)CC3)o2)cc1. The van der Waals surface area contributed by atoms with Crippen LogP contribution in [0.5, 0.6) is 5.75 Å². The van der Waals surface area contributed by atoms with Crippen LogP contribution in [-0.2, 0) is 6.61 Å². The Morgan fingerprint density at radius 1 is 0.935 bits per heavy atom. The molecule has 7 heteroatoms. The number of benzene rings is 2. The summed E-state index contributed by atoms with van der Waals surface area (Å²) in [4.78, 5) is 28.0. The van der Waals surface area contributed by atoms with Gasteiger partial charge in [-0.15, -0.1) is 0 Å². The van der Waals surface area contributed by atoms with Gasteiger partial charge in [0.05, 0.1) is 0 Å². The van der Waals surface area contributed by atoms with Crippen LogP contribution in [0, 0.1) is 5.82 Å². The van der Waals surface area contributed by atoms with Crippen LogP contribution < -0.4 is 9.64 Å². The number of carbonyl (C=O) groups excluding carboxylic acids is 2. The molecule has 0 radical (unpaired) electrons. The van der Waals surface area contributed by atoms with Crippen molar-refractivity contribution < 1.29 is 23.1 Å². The molecule has 6 nitrogen and oxygen atoms in total. The van der Waals surface area contributed by atoms with Gasteiger partial charge in [0.15, 0.2) is 11.5 Å². The van der Waals surface area contributed by atoms with Gasteiger partial charge in [-0.05, 0) is 67.6 Å². The molecule has 3 aromatic rings. The number of ketones is 1. The quantitative estimate of drug-likeness (QED) is 0.558. The molecule has 1 fully saturated rings. The fourth-order valence-electron chi connectivity index (χ4n) is 3.49. The molecule has 1 saturated heterocycles. The van der Waals surface area contributed by atoms with Gasteiger partial charge in [0.1, 0.15) is 23.9 Å². The third-order valence-corrected chi connectivity index (χ3v) is 5.27. The van der Waals surface area contributed by atoms with Crippen molar-refractivity contribution >= 4 is 17.4 Å². The Morgan fingerprint density at radius 2 is 1.61 bits per heavy atom. The van der Waals surface area contributed by atoms with Crippen molar-refractivity contribution in [3.8, 4) is 5.75 Å². The van der Waals surface area contributed by atoms with Gasteiger partial charge >= 0.3 is 0 Å². The standard InChI is InChI=1S/C24H23FN2O4/c1-17(28)18-2-8-21(9-3-18)30-16-22-10-11-23(31-22)24(29)27-14-12-26(13-15-27)20-6-4-19(25)5-7-20/h2-11H,12-16H2,1H3.